The number of rotatable bonds is 6. The minimum absolute atomic E-state index is 0.133. The highest BCUT2D eigenvalue weighted by molar-refractivity contribution is 6.55. The molecule has 0 heterocycles. The Morgan fingerprint density at radius 3 is 2.29 bits per heavy atom. The Morgan fingerprint density at radius 1 is 1.18 bits per heavy atom. The molecule has 0 aromatic rings. The summed E-state index contributed by atoms with van der Waals surface area (Å²) in [5, 5.41) is 0.266. The summed E-state index contributed by atoms with van der Waals surface area (Å²) < 4.78 is 5.73. The summed E-state index contributed by atoms with van der Waals surface area (Å²) >= 11 is 11.6. The fraction of sp³-hybridized carbons (Fsp3) is 0.615. The van der Waals surface area contributed by atoms with Crippen molar-refractivity contribution >= 4 is 29.0 Å². The van der Waals surface area contributed by atoms with E-state index in [1.807, 2.05) is 6.92 Å². The van der Waals surface area contributed by atoms with Gasteiger partial charge in [0.05, 0.1) is 10.1 Å². The second-order valence-corrected chi connectivity index (χ2v) is 5.22. The van der Waals surface area contributed by atoms with Gasteiger partial charge in [0.2, 0.25) is 5.78 Å². The number of ether oxygens (including phenoxy) is 1. The average Bonchev–Trinajstić information content (AvgIpc) is 2.25. The standard InChI is InChI=1S/C13H18Cl2O2/c1-3-4-5-6-7-17-13(2)8-10(14)12(16)11(15)9-13/h8-9H,3-7H2,1-2H3. The lowest BCUT2D eigenvalue weighted by atomic mass is 9.99. The number of carbonyl (C=O) groups is 1. The van der Waals surface area contributed by atoms with Crippen LogP contribution in [0.25, 0.3) is 0 Å². The lowest BCUT2D eigenvalue weighted by Gasteiger charge is -2.26. The third-order valence-electron chi connectivity index (χ3n) is 2.67. The molecule has 1 aliphatic carbocycles. The third kappa shape index (κ3) is 4.46. The number of hydrogen-bond acceptors (Lipinski definition) is 2. The summed E-state index contributed by atoms with van der Waals surface area (Å²) in [6, 6.07) is 0. The average molecular weight is 277 g/mol. The molecule has 2 nitrogen and oxygen atoms in total. The molecule has 1 rings (SSSR count). The van der Waals surface area contributed by atoms with Crippen LogP contribution in [0, 0.1) is 0 Å². The minimum atomic E-state index is -0.658. The van der Waals surface area contributed by atoms with Gasteiger partial charge in [-0.05, 0) is 25.5 Å². The maximum atomic E-state index is 11.4. The fourth-order valence-corrected chi connectivity index (χ4v) is 2.38. The number of Topliss-reactive ketones (excluding diaryl/α,β-unsaturated/α-hetero) is 1. The van der Waals surface area contributed by atoms with Crippen molar-refractivity contribution < 1.29 is 9.53 Å². The van der Waals surface area contributed by atoms with Gasteiger partial charge in [0, 0.05) is 6.61 Å². The summed E-state index contributed by atoms with van der Waals surface area (Å²) in [5.74, 6) is -0.333. The van der Waals surface area contributed by atoms with Gasteiger partial charge in [-0.1, -0.05) is 49.4 Å². The molecule has 0 fully saturated rings. The number of unbranched alkanes of at least 4 members (excludes halogenated alkanes) is 3. The smallest absolute Gasteiger partial charge is 0.215 e. The van der Waals surface area contributed by atoms with Gasteiger partial charge < -0.3 is 4.74 Å². The van der Waals surface area contributed by atoms with E-state index in [-0.39, 0.29) is 15.8 Å². The molecule has 0 atom stereocenters. The topological polar surface area (TPSA) is 26.3 Å². The van der Waals surface area contributed by atoms with Gasteiger partial charge in [-0.15, -0.1) is 0 Å². The normalized spacial score (nSPS) is 18.9. The third-order valence-corrected chi connectivity index (χ3v) is 3.23. The van der Waals surface area contributed by atoms with Crippen molar-refractivity contribution in [2.75, 3.05) is 6.61 Å². The maximum absolute atomic E-state index is 11.4. The van der Waals surface area contributed by atoms with Crippen LogP contribution in [0.4, 0.5) is 0 Å². The van der Waals surface area contributed by atoms with E-state index in [0.717, 1.165) is 12.8 Å². The Labute approximate surface area is 113 Å². The predicted octanol–water partition coefficient (Wildman–Crippen LogP) is 4.17. The van der Waals surface area contributed by atoms with Crippen LogP contribution in [0.1, 0.15) is 39.5 Å². The van der Waals surface area contributed by atoms with Gasteiger partial charge in [0.25, 0.3) is 0 Å². The van der Waals surface area contributed by atoms with E-state index in [9.17, 15) is 4.79 Å². The zero-order chi connectivity index (χ0) is 12.9. The molecule has 0 amide bonds. The SMILES string of the molecule is CCCCCCOC1(C)C=C(Cl)C(=O)C(Cl)=C1. The van der Waals surface area contributed by atoms with Crippen molar-refractivity contribution in [2.24, 2.45) is 0 Å². The largest absolute Gasteiger partial charge is 0.367 e. The molecule has 0 aromatic heterocycles. The Balaban J connectivity index is 2.49. The van der Waals surface area contributed by atoms with E-state index in [2.05, 4.69) is 6.92 Å². The highest BCUT2D eigenvalue weighted by atomic mass is 35.5. The first-order valence-corrected chi connectivity index (χ1v) is 6.69. The fourth-order valence-electron chi connectivity index (χ4n) is 1.69. The van der Waals surface area contributed by atoms with Crippen LogP contribution in [0.2, 0.25) is 0 Å². The molecule has 0 bridgehead atoms. The monoisotopic (exact) mass is 276 g/mol. The molecule has 4 heteroatoms. The first-order chi connectivity index (χ1) is 7.98. The number of carbonyl (C=O) groups excluding carboxylic acids is 1. The van der Waals surface area contributed by atoms with Gasteiger partial charge in [0.1, 0.15) is 5.60 Å². The van der Waals surface area contributed by atoms with Gasteiger partial charge in [-0.25, -0.2) is 0 Å². The van der Waals surface area contributed by atoms with E-state index in [4.69, 9.17) is 27.9 Å². The van der Waals surface area contributed by atoms with Crippen molar-refractivity contribution in [3.8, 4) is 0 Å². The van der Waals surface area contributed by atoms with Crippen molar-refractivity contribution in [3.63, 3.8) is 0 Å². The molecule has 0 N–H and O–H groups in total. The number of hydrogen-bond donors (Lipinski definition) is 0. The zero-order valence-corrected chi connectivity index (χ0v) is 11.8. The Morgan fingerprint density at radius 2 is 1.76 bits per heavy atom. The predicted molar refractivity (Wildman–Crippen MR) is 71.4 cm³/mol. The quantitative estimate of drug-likeness (QED) is 0.681. The lowest BCUT2D eigenvalue weighted by molar-refractivity contribution is -0.111. The number of halogens is 2. The maximum Gasteiger partial charge on any atom is 0.215 e. The van der Waals surface area contributed by atoms with E-state index in [0.29, 0.717) is 6.61 Å². The van der Waals surface area contributed by atoms with Crippen molar-refractivity contribution in [3.05, 3.63) is 22.2 Å². The van der Waals surface area contributed by atoms with Gasteiger partial charge in [-0.2, -0.15) is 0 Å². The first kappa shape index (κ1) is 14.7. The second-order valence-electron chi connectivity index (χ2n) is 4.41. The lowest BCUT2D eigenvalue weighted by Crippen LogP contribution is -2.29. The summed E-state index contributed by atoms with van der Waals surface area (Å²) in [7, 11) is 0. The zero-order valence-electron chi connectivity index (χ0n) is 10.3. The van der Waals surface area contributed by atoms with Gasteiger partial charge in [0.15, 0.2) is 0 Å². The number of allylic oxidation sites excluding steroid dienone is 2. The van der Waals surface area contributed by atoms with Crippen molar-refractivity contribution in [1.29, 1.82) is 0 Å². The molecule has 1 aliphatic rings. The Bertz CT molecular complexity index is 323. The molecule has 0 unspecified atom stereocenters. The molecule has 96 valence electrons. The van der Waals surface area contributed by atoms with E-state index >= 15 is 0 Å². The summed E-state index contributed by atoms with van der Waals surface area (Å²) in [6.07, 6.45) is 7.80. The van der Waals surface area contributed by atoms with Crippen molar-refractivity contribution in [2.45, 2.75) is 45.1 Å². The van der Waals surface area contributed by atoms with Crippen LogP contribution in [0.5, 0.6) is 0 Å². The summed E-state index contributed by atoms with van der Waals surface area (Å²) in [6.45, 7) is 4.66. The summed E-state index contributed by atoms with van der Waals surface area (Å²) in [4.78, 5) is 11.4. The van der Waals surface area contributed by atoms with Crippen LogP contribution in [0.3, 0.4) is 0 Å². The molecular formula is C13H18Cl2O2. The van der Waals surface area contributed by atoms with Crippen LogP contribution in [0.15, 0.2) is 22.2 Å². The van der Waals surface area contributed by atoms with Crippen LogP contribution in [-0.4, -0.2) is 18.0 Å². The molecule has 17 heavy (non-hydrogen) atoms. The second kappa shape index (κ2) is 6.58. The van der Waals surface area contributed by atoms with E-state index < -0.39 is 5.60 Å². The number of ketones is 1. The Hall–Kier alpha value is -0.310. The van der Waals surface area contributed by atoms with E-state index in [1.165, 1.54) is 12.8 Å². The van der Waals surface area contributed by atoms with Gasteiger partial charge >= 0.3 is 0 Å². The van der Waals surface area contributed by atoms with Crippen molar-refractivity contribution in [1.82, 2.24) is 0 Å². The first-order valence-electron chi connectivity index (χ1n) is 5.94. The molecule has 0 saturated heterocycles. The van der Waals surface area contributed by atoms with E-state index in [1.54, 1.807) is 12.2 Å². The molecule has 0 saturated carbocycles. The van der Waals surface area contributed by atoms with Crippen LogP contribution < -0.4 is 0 Å². The Kier molecular flexibility index (Phi) is 5.71. The molecule has 0 radical (unpaired) electrons. The highest BCUT2D eigenvalue weighted by Gasteiger charge is 2.29. The molecule has 0 aromatic carbocycles. The van der Waals surface area contributed by atoms with Crippen LogP contribution in [-0.2, 0) is 9.53 Å². The highest BCUT2D eigenvalue weighted by Crippen LogP contribution is 2.29. The minimum Gasteiger partial charge on any atom is -0.367 e. The summed E-state index contributed by atoms with van der Waals surface area (Å²) in [5.41, 5.74) is -0.658. The van der Waals surface area contributed by atoms with Gasteiger partial charge in [-0.3, -0.25) is 4.79 Å². The molecule has 0 aliphatic heterocycles. The van der Waals surface area contributed by atoms with Crippen LogP contribution >= 0.6 is 23.2 Å². The molecular weight excluding hydrogens is 259 g/mol. The molecule has 0 spiro atoms.